The number of amides is 1. The van der Waals surface area contributed by atoms with E-state index in [9.17, 15) is 9.90 Å². The number of nitrogens with one attached hydrogen (secondary N) is 1. The van der Waals surface area contributed by atoms with Gasteiger partial charge in [0.1, 0.15) is 5.75 Å². The average Bonchev–Trinajstić information content (AvgIpc) is 2.36. The Hall–Kier alpha value is -1.26. The highest BCUT2D eigenvalue weighted by Crippen LogP contribution is 2.21. The van der Waals surface area contributed by atoms with E-state index in [2.05, 4.69) is 19.2 Å². The second-order valence-corrected chi connectivity index (χ2v) is 5.15. The van der Waals surface area contributed by atoms with Gasteiger partial charge in [0.05, 0.1) is 12.2 Å². The lowest BCUT2D eigenvalue weighted by atomic mass is 10.1. The van der Waals surface area contributed by atoms with Crippen LogP contribution in [0.15, 0.2) is 18.2 Å². The van der Waals surface area contributed by atoms with Crippen LogP contribution >= 0.6 is 11.6 Å². The smallest absolute Gasteiger partial charge is 0.255 e. The first-order valence-electron chi connectivity index (χ1n) is 6.35. The van der Waals surface area contributed by atoms with Gasteiger partial charge >= 0.3 is 0 Å². The standard InChI is InChI=1S/C14H20ClNO3/c1-10(2)5-7-19-8-6-16-14(18)12-9-11(15)3-4-13(12)17/h3-4,9-10,17H,5-8H2,1-2H3,(H,16,18). The van der Waals surface area contributed by atoms with Crippen molar-refractivity contribution in [3.05, 3.63) is 28.8 Å². The fraction of sp³-hybridized carbons (Fsp3) is 0.500. The molecule has 106 valence electrons. The van der Waals surface area contributed by atoms with Gasteiger partial charge in [-0.1, -0.05) is 25.4 Å². The summed E-state index contributed by atoms with van der Waals surface area (Å²) in [7, 11) is 0. The zero-order chi connectivity index (χ0) is 14.3. The normalized spacial score (nSPS) is 10.7. The molecule has 0 heterocycles. The van der Waals surface area contributed by atoms with Crippen LogP contribution in [0, 0.1) is 5.92 Å². The van der Waals surface area contributed by atoms with E-state index in [4.69, 9.17) is 16.3 Å². The highest BCUT2D eigenvalue weighted by Gasteiger charge is 2.10. The van der Waals surface area contributed by atoms with Crippen LogP contribution in [0.1, 0.15) is 30.6 Å². The third-order valence-electron chi connectivity index (χ3n) is 2.57. The molecular formula is C14H20ClNO3. The molecule has 0 saturated heterocycles. The highest BCUT2D eigenvalue weighted by atomic mass is 35.5. The number of ether oxygens (including phenoxy) is 1. The molecule has 2 N–H and O–H groups in total. The number of rotatable bonds is 7. The monoisotopic (exact) mass is 285 g/mol. The summed E-state index contributed by atoms with van der Waals surface area (Å²) in [6, 6.07) is 4.37. The van der Waals surface area contributed by atoms with Crippen molar-refractivity contribution in [1.82, 2.24) is 5.32 Å². The summed E-state index contributed by atoms with van der Waals surface area (Å²) >= 11 is 5.78. The van der Waals surface area contributed by atoms with Gasteiger partial charge in [-0.3, -0.25) is 4.79 Å². The van der Waals surface area contributed by atoms with Gasteiger partial charge in [0.2, 0.25) is 0 Å². The van der Waals surface area contributed by atoms with E-state index >= 15 is 0 Å². The summed E-state index contributed by atoms with van der Waals surface area (Å²) < 4.78 is 5.38. The maximum Gasteiger partial charge on any atom is 0.255 e. The summed E-state index contributed by atoms with van der Waals surface area (Å²) in [4.78, 5) is 11.8. The topological polar surface area (TPSA) is 58.6 Å². The van der Waals surface area contributed by atoms with E-state index in [-0.39, 0.29) is 17.2 Å². The van der Waals surface area contributed by atoms with Gasteiger partial charge in [-0.25, -0.2) is 0 Å². The van der Waals surface area contributed by atoms with Crippen LogP contribution in [-0.4, -0.2) is 30.8 Å². The largest absolute Gasteiger partial charge is 0.507 e. The first-order valence-corrected chi connectivity index (χ1v) is 6.73. The Morgan fingerprint density at radius 2 is 2.16 bits per heavy atom. The van der Waals surface area contributed by atoms with Crippen LogP contribution in [0.3, 0.4) is 0 Å². The summed E-state index contributed by atoms with van der Waals surface area (Å²) in [5.74, 6) is 0.174. The minimum Gasteiger partial charge on any atom is -0.507 e. The lowest BCUT2D eigenvalue weighted by Gasteiger charge is -2.09. The molecule has 0 aliphatic rings. The summed E-state index contributed by atoms with van der Waals surface area (Å²) in [5.41, 5.74) is 0.176. The predicted molar refractivity (Wildman–Crippen MR) is 75.7 cm³/mol. The second-order valence-electron chi connectivity index (χ2n) is 4.71. The first-order chi connectivity index (χ1) is 9.00. The lowest BCUT2D eigenvalue weighted by Crippen LogP contribution is -2.27. The van der Waals surface area contributed by atoms with Crippen LogP contribution in [0.5, 0.6) is 5.75 Å². The number of aromatic hydroxyl groups is 1. The van der Waals surface area contributed by atoms with E-state index < -0.39 is 0 Å². The molecule has 0 unspecified atom stereocenters. The number of hydrogen-bond acceptors (Lipinski definition) is 3. The summed E-state index contributed by atoms with van der Waals surface area (Å²) in [5, 5.41) is 12.6. The SMILES string of the molecule is CC(C)CCOCCNC(=O)c1cc(Cl)ccc1O. The van der Waals surface area contributed by atoms with Crippen molar-refractivity contribution < 1.29 is 14.6 Å². The third kappa shape index (κ3) is 5.94. The Morgan fingerprint density at radius 1 is 1.42 bits per heavy atom. The Kier molecular flexibility index (Phi) is 6.67. The molecule has 19 heavy (non-hydrogen) atoms. The molecule has 0 radical (unpaired) electrons. The van der Waals surface area contributed by atoms with Crippen molar-refractivity contribution in [2.45, 2.75) is 20.3 Å². The molecule has 0 saturated carbocycles. The average molecular weight is 286 g/mol. The predicted octanol–water partition coefficient (Wildman–Crippen LogP) is 2.84. The molecule has 0 aromatic heterocycles. The van der Waals surface area contributed by atoms with Crippen molar-refractivity contribution in [3.8, 4) is 5.75 Å². The van der Waals surface area contributed by atoms with Gasteiger partial charge < -0.3 is 15.2 Å². The van der Waals surface area contributed by atoms with Crippen LogP contribution in [0.4, 0.5) is 0 Å². The quantitative estimate of drug-likeness (QED) is 0.758. The Bertz CT molecular complexity index is 421. The second kappa shape index (κ2) is 8.02. The number of carbonyl (C=O) groups is 1. The van der Waals surface area contributed by atoms with Crippen molar-refractivity contribution in [2.75, 3.05) is 19.8 Å². The summed E-state index contributed by atoms with van der Waals surface area (Å²) in [6.07, 6.45) is 1.00. The number of hydrogen-bond donors (Lipinski definition) is 2. The maximum absolute atomic E-state index is 11.8. The Labute approximate surface area is 118 Å². The van der Waals surface area contributed by atoms with Gasteiger partial charge in [0, 0.05) is 18.2 Å². The fourth-order valence-electron chi connectivity index (χ4n) is 1.44. The van der Waals surface area contributed by atoms with E-state index in [0.29, 0.717) is 30.7 Å². The molecule has 0 aliphatic carbocycles. The number of benzene rings is 1. The van der Waals surface area contributed by atoms with Gasteiger partial charge in [0.25, 0.3) is 5.91 Å². The molecule has 0 aliphatic heterocycles. The molecule has 4 nitrogen and oxygen atoms in total. The molecule has 5 heteroatoms. The number of halogens is 1. The minimum absolute atomic E-state index is 0.0809. The van der Waals surface area contributed by atoms with E-state index in [0.717, 1.165) is 6.42 Å². The number of carbonyl (C=O) groups excluding carboxylic acids is 1. The van der Waals surface area contributed by atoms with Crippen LogP contribution < -0.4 is 5.32 Å². The van der Waals surface area contributed by atoms with E-state index in [1.54, 1.807) is 0 Å². The molecular weight excluding hydrogens is 266 g/mol. The highest BCUT2D eigenvalue weighted by molar-refractivity contribution is 6.31. The van der Waals surface area contributed by atoms with Crippen molar-refractivity contribution in [1.29, 1.82) is 0 Å². The van der Waals surface area contributed by atoms with Crippen LogP contribution in [-0.2, 0) is 4.74 Å². The Balaban J connectivity index is 2.29. The van der Waals surface area contributed by atoms with Gasteiger partial charge in [-0.15, -0.1) is 0 Å². The molecule has 0 atom stereocenters. The molecule has 1 rings (SSSR count). The summed E-state index contributed by atoms with van der Waals surface area (Å²) in [6.45, 7) is 5.82. The molecule has 0 spiro atoms. The number of phenolic OH excluding ortho intramolecular Hbond substituents is 1. The molecule has 0 bridgehead atoms. The lowest BCUT2D eigenvalue weighted by molar-refractivity contribution is 0.0903. The zero-order valence-electron chi connectivity index (χ0n) is 11.3. The number of phenols is 1. The van der Waals surface area contributed by atoms with Crippen molar-refractivity contribution >= 4 is 17.5 Å². The van der Waals surface area contributed by atoms with E-state index in [1.807, 2.05) is 0 Å². The molecule has 1 amide bonds. The van der Waals surface area contributed by atoms with Gasteiger partial charge in [0.15, 0.2) is 0 Å². The van der Waals surface area contributed by atoms with Crippen LogP contribution in [0.2, 0.25) is 5.02 Å². The maximum atomic E-state index is 11.8. The van der Waals surface area contributed by atoms with Gasteiger partial charge in [-0.2, -0.15) is 0 Å². The Morgan fingerprint density at radius 3 is 2.84 bits per heavy atom. The zero-order valence-corrected chi connectivity index (χ0v) is 12.0. The molecule has 1 aromatic carbocycles. The molecule has 0 fully saturated rings. The van der Waals surface area contributed by atoms with Crippen LogP contribution in [0.25, 0.3) is 0 Å². The fourth-order valence-corrected chi connectivity index (χ4v) is 1.62. The third-order valence-corrected chi connectivity index (χ3v) is 2.81. The van der Waals surface area contributed by atoms with Crippen molar-refractivity contribution in [2.24, 2.45) is 5.92 Å². The molecule has 1 aromatic rings. The first kappa shape index (κ1) is 15.8. The minimum atomic E-state index is -0.354. The van der Waals surface area contributed by atoms with E-state index in [1.165, 1.54) is 18.2 Å². The van der Waals surface area contributed by atoms with Gasteiger partial charge in [-0.05, 0) is 30.5 Å². The van der Waals surface area contributed by atoms with Crippen molar-refractivity contribution in [3.63, 3.8) is 0 Å².